The highest BCUT2D eigenvalue weighted by Crippen LogP contribution is 2.29. The number of aldehydes is 1. The number of aryl methyl sites for hydroxylation is 1. The molecule has 0 radical (unpaired) electrons. The number of hydrogen-bond acceptors (Lipinski definition) is 9. The van der Waals surface area contributed by atoms with Crippen molar-refractivity contribution in [2.75, 3.05) is 60.9 Å². The van der Waals surface area contributed by atoms with Crippen LogP contribution in [0.4, 0.5) is 22.1 Å². The zero-order chi connectivity index (χ0) is 27.1. The Labute approximate surface area is 225 Å². The summed E-state index contributed by atoms with van der Waals surface area (Å²) < 4.78 is 5.33. The number of anilines is 3. The van der Waals surface area contributed by atoms with Crippen LogP contribution in [-0.4, -0.2) is 78.5 Å². The molecule has 3 amide bonds. The lowest BCUT2D eigenvalue weighted by molar-refractivity contribution is -0.134. The lowest BCUT2D eigenvalue weighted by atomic mass is 10.0. The Bertz CT molecular complexity index is 1240. The Morgan fingerprint density at radius 2 is 2.24 bits per heavy atom. The summed E-state index contributed by atoms with van der Waals surface area (Å²) in [5, 5.41) is 15.4. The molecule has 4 heterocycles. The molecule has 0 saturated carbocycles. The molecule has 1 fully saturated rings. The van der Waals surface area contributed by atoms with E-state index in [9.17, 15) is 19.6 Å². The molecular formula is C26H31N7O4S. The van der Waals surface area contributed by atoms with Crippen molar-refractivity contribution in [3.63, 3.8) is 0 Å². The molecule has 0 aromatic carbocycles. The molecule has 1 atom stereocenters. The number of thioether (sulfide) groups is 1. The summed E-state index contributed by atoms with van der Waals surface area (Å²) in [6.07, 6.45) is 6.19. The Morgan fingerprint density at radius 1 is 1.39 bits per heavy atom. The number of hydrogen-bond donors (Lipinski definition) is 2. The van der Waals surface area contributed by atoms with Gasteiger partial charge in [-0.3, -0.25) is 19.8 Å². The van der Waals surface area contributed by atoms with E-state index in [0.29, 0.717) is 73.9 Å². The molecule has 11 nitrogen and oxygen atoms in total. The number of nitrogens with zero attached hydrogens (tertiary/aromatic N) is 5. The molecule has 0 aliphatic carbocycles. The molecule has 2 aromatic heterocycles. The van der Waals surface area contributed by atoms with Gasteiger partial charge in [0.15, 0.2) is 6.29 Å². The standard InChI is InChI=1S/C26H31N7O4S/c1-32(25(35)18-5-8-37-16-18)14-19-10-17-4-3-7-33(24(17)30-22(19)15-34)26(36)31-23-11-21(28-6-9-38-2)20(12-27)13-29-23/h10-11,13,15,18H,3-9,14,16H2,1-2H3,(H2,28,29,31,36). The predicted octanol–water partition coefficient (Wildman–Crippen LogP) is 2.92. The molecule has 2 aliphatic heterocycles. The van der Waals surface area contributed by atoms with E-state index in [4.69, 9.17) is 4.74 Å². The third kappa shape index (κ3) is 6.23. The molecule has 12 heteroatoms. The minimum absolute atomic E-state index is 0.0182. The lowest BCUT2D eigenvalue weighted by Gasteiger charge is -2.29. The van der Waals surface area contributed by atoms with Gasteiger partial charge in [-0.2, -0.15) is 17.0 Å². The maximum Gasteiger partial charge on any atom is 0.328 e. The van der Waals surface area contributed by atoms with Crippen LogP contribution in [-0.2, 0) is 22.5 Å². The van der Waals surface area contributed by atoms with Gasteiger partial charge in [0.05, 0.1) is 23.8 Å². The Morgan fingerprint density at radius 3 is 2.95 bits per heavy atom. The van der Waals surface area contributed by atoms with Crippen LogP contribution >= 0.6 is 11.8 Å². The van der Waals surface area contributed by atoms with Gasteiger partial charge in [-0.05, 0) is 37.1 Å². The first-order chi connectivity index (χ1) is 18.4. The van der Waals surface area contributed by atoms with E-state index in [1.165, 1.54) is 11.1 Å². The van der Waals surface area contributed by atoms with Crippen molar-refractivity contribution in [1.29, 1.82) is 5.26 Å². The van der Waals surface area contributed by atoms with Crippen molar-refractivity contribution >= 4 is 47.3 Å². The number of amides is 3. The summed E-state index contributed by atoms with van der Waals surface area (Å²) in [6.45, 7) is 2.34. The van der Waals surface area contributed by atoms with Crippen LogP contribution in [0.2, 0.25) is 0 Å². The van der Waals surface area contributed by atoms with E-state index in [-0.39, 0.29) is 24.1 Å². The minimum atomic E-state index is -0.427. The van der Waals surface area contributed by atoms with E-state index < -0.39 is 6.03 Å². The first-order valence-electron chi connectivity index (χ1n) is 12.5. The van der Waals surface area contributed by atoms with Crippen LogP contribution in [0.15, 0.2) is 18.3 Å². The topological polar surface area (TPSA) is 141 Å². The number of rotatable bonds is 9. The number of aromatic nitrogens is 2. The number of carbonyl (C=O) groups excluding carboxylic acids is 3. The average Bonchev–Trinajstić information content (AvgIpc) is 3.47. The minimum Gasteiger partial charge on any atom is -0.383 e. The van der Waals surface area contributed by atoms with Gasteiger partial charge in [-0.15, -0.1) is 0 Å². The van der Waals surface area contributed by atoms with Crippen molar-refractivity contribution < 1.29 is 19.1 Å². The van der Waals surface area contributed by atoms with Crippen molar-refractivity contribution in [3.05, 3.63) is 40.7 Å². The van der Waals surface area contributed by atoms with Gasteiger partial charge in [-0.1, -0.05) is 0 Å². The highest BCUT2D eigenvalue weighted by atomic mass is 32.2. The molecule has 38 heavy (non-hydrogen) atoms. The quantitative estimate of drug-likeness (QED) is 0.365. The van der Waals surface area contributed by atoms with E-state index >= 15 is 0 Å². The summed E-state index contributed by atoms with van der Waals surface area (Å²) in [4.78, 5) is 49.8. The number of nitrogens with one attached hydrogen (secondary N) is 2. The van der Waals surface area contributed by atoms with Crippen LogP contribution in [0, 0.1) is 17.2 Å². The number of ether oxygens (including phenoxy) is 1. The SMILES string of the molecule is CSCCNc1cc(NC(=O)N2CCCc3cc(CN(C)C(=O)C4CCOC4)c(C=O)nc32)ncc1C#N. The molecule has 0 bridgehead atoms. The third-order valence-electron chi connectivity index (χ3n) is 6.58. The smallest absolute Gasteiger partial charge is 0.328 e. The molecule has 200 valence electrons. The second-order valence-corrected chi connectivity index (χ2v) is 10.2. The van der Waals surface area contributed by atoms with Crippen LogP contribution in [0.3, 0.4) is 0 Å². The van der Waals surface area contributed by atoms with Crippen LogP contribution < -0.4 is 15.5 Å². The first-order valence-corrected chi connectivity index (χ1v) is 13.9. The maximum absolute atomic E-state index is 13.2. The fourth-order valence-electron chi connectivity index (χ4n) is 4.58. The van der Waals surface area contributed by atoms with Crippen molar-refractivity contribution in [2.45, 2.75) is 25.8 Å². The molecule has 1 unspecified atom stereocenters. The summed E-state index contributed by atoms with van der Waals surface area (Å²) in [7, 11) is 1.71. The summed E-state index contributed by atoms with van der Waals surface area (Å²) in [6, 6.07) is 5.18. The Balaban J connectivity index is 1.51. The number of nitriles is 1. The number of urea groups is 1. The summed E-state index contributed by atoms with van der Waals surface area (Å²) in [5.41, 5.74) is 2.66. The lowest BCUT2D eigenvalue weighted by Crippen LogP contribution is -2.40. The van der Waals surface area contributed by atoms with Crippen LogP contribution in [0.5, 0.6) is 0 Å². The molecule has 2 aromatic rings. The highest BCUT2D eigenvalue weighted by molar-refractivity contribution is 7.98. The van der Waals surface area contributed by atoms with Gasteiger partial charge in [0.2, 0.25) is 5.91 Å². The van der Waals surface area contributed by atoms with Gasteiger partial charge in [0.25, 0.3) is 0 Å². The van der Waals surface area contributed by atoms with Gasteiger partial charge >= 0.3 is 6.03 Å². The van der Waals surface area contributed by atoms with E-state index in [1.807, 2.05) is 12.3 Å². The Hall–Kier alpha value is -3.69. The monoisotopic (exact) mass is 537 g/mol. The summed E-state index contributed by atoms with van der Waals surface area (Å²) in [5.74, 6) is 1.41. The van der Waals surface area contributed by atoms with Gasteiger partial charge in [0.1, 0.15) is 23.4 Å². The molecule has 2 N–H and O–H groups in total. The van der Waals surface area contributed by atoms with Crippen molar-refractivity contribution in [3.8, 4) is 6.07 Å². The number of fused-ring (bicyclic) bond motifs is 1. The average molecular weight is 538 g/mol. The normalized spacial score (nSPS) is 16.3. The zero-order valence-corrected chi connectivity index (χ0v) is 22.3. The van der Waals surface area contributed by atoms with Crippen LogP contribution in [0.1, 0.15) is 40.0 Å². The number of carbonyl (C=O) groups is 3. The van der Waals surface area contributed by atoms with Gasteiger partial charge < -0.3 is 15.0 Å². The Kier molecular flexibility index (Phi) is 9.15. The molecular weight excluding hydrogens is 506 g/mol. The van der Waals surface area contributed by atoms with Gasteiger partial charge in [-0.25, -0.2) is 14.8 Å². The van der Waals surface area contributed by atoms with E-state index in [2.05, 4.69) is 26.7 Å². The largest absolute Gasteiger partial charge is 0.383 e. The fourth-order valence-corrected chi connectivity index (χ4v) is 4.89. The second kappa shape index (κ2) is 12.7. The second-order valence-electron chi connectivity index (χ2n) is 9.22. The molecule has 0 spiro atoms. The van der Waals surface area contributed by atoms with E-state index in [0.717, 1.165) is 17.7 Å². The third-order valence-corrected chi connectivity index (χ3v) is 7.19. The first kappa shape index (κ1) is 27.3. The number of pyridine rings is 2. The zero-order valence-electron chi connectivity index (χ0n) is 21.5. The summed E-state index contributed by atoms with van der Waals surface area (Å²) >= 11 is 1.68. The maximum atomic E-state index is 13.2. The molecule has 2 aliphatic rings. The van der Waals surface area contributed by atoms with Gasteiger partial charge in [0, 0.05) is 56.9 Å². The molecule has 1 saturated heterocycles. The fraction of sp³-hybridized carbons (Fsp3) is 0.462. The van der Waals surface area contributed by atoms with E-state index in [1.54, 1.807) is 29.8 Å². The predicted molar refractivity (Wildman–Crippen MR) is 146 cm³/mol. The van der Waals surface area contributed by atoms with Crippen LogP contribution in [0.25, 0.3) is 0 Å². The van der Waals surface area contributed by atoms with Crippen molar-refractivity contribution in [2.24, 2.45) is 5.92 Å². The molecule has 4 rings (SSSR count). The van der Waals surface area contributed by atoms with Crippen molar-refractivity contribution in [1.82, 2.24) is 14.9 Å². The highest BCUT2D eigenvalue weighted by Gasteiger charge is 2.29.